The van der Waals surface area contributed by atoms with Gasteiger partial charge in [-0.1, -0.05) is 25.3 Å². The van der Waals surface area contributed by atoms with E-state index in [0.29, 0.717) is 18.4 Å². The lowest BCUT2D eigenvalue weighted by molar-refractivity contribution is -0.151. The van der Waals surface area contributed by atoms with E-state index in [9.17, 15) is 23.1 Å². The van der Waals surface area contributed by atoms with Crippen molar-refractivity contribution in [2.45, 2.75) is 49.5 Å². The molecule has 0 aromatic heterocycles. The summed E-state index contributed by atoms with van der Waals surface area (Å²) < 4.78 is 23.5. The Morgan fingerprint density at radius 1 is 1.17 bits per heavy atom. The van der Waals surface area contributed by atoms with Gasteiger partial charge in [0.1, 0.15) is 5.54 Å². The predicted molar refractivity (Wildman–Crippen MR) is 89.8 cm³/mol. The number of carboxylic acid groups (broad SMARTS) is 1. The Labute approximate surface area is 142 Å². The number of amides is 1. The minimum Gasteiger partial charge on any atom is -0.479 e. The molecule has 1 N–H and O–H groups in total. The minimum atomic E-state index is -3.44. The standard InChI is InChI=1S/C17H23NO5S/c1-12-7-8-13(24(3,22)23)11-14(12)15(19)18(2)17(16(20)21)9-5-4-6-10-17/h7-8,11H,4-6,9-10H2,1-3H3,(H,20,21). The first kappa shape index (κ1) is 18.4. The van der Waals surface area contributed by atoms with E-state index in [1.54, 1.807) is 13.0 Å². The van der Waals surface area contributed by atoms with Crippen molar-refractivity contribution in [1.29, 1.82) is 0 Å². The zero-order valence-corrected chi connectivity index (χ0v) is 15.0. The highest BCUT2D eigenvalue weighted by atomic mass is 32.2. The van der Waals surface area contributed by atoms with Gasteiger partial charge in [0, 0.05) is 18.9 Å². The molecule has 24 heavy (non-hydrogen) atoms. The summed E-state index contributed by atoms with van der Waals surface area (Å²) in [5.74, 6) is -1.46. The van der Waals surface area contributed by atoms with Crippen LogP contribution in [0.1, 0.15) is 48.0 Å². The van der Waals surface area contributed by atoms with Crippen molar-refractivity contribution in [2.75, 3.05) is 13.3 Å². The predicted octanol–water partition coefficient (Wildman–Crippen LogP) is 2.26. The zero-order valence-electron chi connectivity index (χ0n) is 14.2. The number of aliphatic carboxylic acids is 1. The molecule has 1 fully saturated rings. The summed E-state index contributed by atoms with van der Waals surface area (Å²) in [7, 11) is -1.95. The van der Waals surface area contributed by atoms with E-state index in [2.05, 4.69) is 0 Å². The van der Waals surface area contributed by atoms with Gasteiger partial charge in [-0.3, -0.25) is 4.79 Å². The molecule has 0 heterocycles. The fourth-order valence-electron chi connectivity index (χ4n) is 3.27. The SMILES string of the molecule is Cc1ccc(S(C)(=O)=O)cc1C(=O)N(C)C1(C(=O)O)CCCCC1. The Hall–Kier alpha value is -1.89. The lowest BCUT2D eigenvalue weighted by atomic mass is 9.80. The van der Waals surface area contributed by atoms with Crippen LogP contribution in [0.3, 0.4) is 0 Å². The van der Waals surface area contributed by atoms with Crippen LogP contribution in [0.15, 0.2) is 23.1 Å². The van der Waals surface area contributed by atoms with Gasteiger partial charge in [-0.15, -0.1) is 0 Å². The fourth-order valence-corrected chi connectivity index (χ4v) is 3.91. The number of nitrogens with zero attached hydrogens (tertiary/aromatic N) is 1. The van der Waals surface area contributed by atoms with E-state index in [0.717, 1.165) is 25.5 Å². The van der Waals surface area contributed by atoms with Gasteiger partial charge in [0.25, 0.3) is 5.91 Å². The smallest absolute Gasteiger partial charge is 0.329 e. The largest absolute Gasteiger partial charge is 0.479 e. The highest BCUT2D eigenvalue weighted by Crippen LogP contribution is 2.34. The van der Waals surface area contributed by atoms with Crippen molar-refractivity contribution in [3.8, 4) is 0 Å². The van der Waals surface area contributed by atoms with Crippen molar-refractivity contribution in [1.82, 2.24) is 4.90 Å². The molecule has 7 heteroatoms. The van der Waals surface area contributed by atoms with Gasteiger partial charge >= 0.3 is 5.97 Å². The van der Waals surface area contributed by atoms with Crippen LogP contribution in [0, 0.1) is 6.92 Å². The number of carbonyl (C=O) groups is 2. The van der Waals surface area contributed by atoms with E-state index < -0.39 is 27.3 Å². The van der Waals surface area contributed by atoms with Crippen molar-refractivity contribution in [2.24, 2.45) is 0 Å². The molecule has 0 radical (unpaired) electrons. The second kappa shape index (κ2) is 6.55. The molecule has 1 aliphatic rings. The fraction of sp³-hybridized carbons (Fsp3) is 0.529. The van der Waals surface area contributed by atoms with Crippen LogP contribution >= 0.6 is 0 Å². The van der Waals surface area contributed by atoms with Crippen LogP contribution in [0.25, 0.3) is 0 Å². The molecule has 132 valence electrons. The maximum Gasteiger partial charge on any atom is 0.329 e. The summed E-state index contributed by atoms with van der Waals surface area (Å²) in [6.45, 7) is 1.71. The van der Waals surface area contributed by atoms with Gasteiger partial charge in [-0.05, 0) is 37.5 Å². The van der Waals surface area contributed by atoms with Gasteiger partial charge < -0.3 is 10.0 Å². The maximum atomic E-state index is 12.9. The van der Waals surface area contributed by atoms with Gasteiger partial charge in [0.2, 0.25) is 0 Å². The number of hydrogen-bond donors (Lipinski definition) is 1. The maximum absolute atomic E-state index is 12.9. The molecule has 0 bridgehead atoms. The van der Waals surface area contributed by atoms with Crippen LogP contribution < -0.4 is 0 Å². The third kappa shape index (κ3) is 3.31. The van der Waals surface area contributed by atoms with Crippen LogP contribution in [0.2, 0.25) is 0 Å². The first-order valence-electron chi connectivity index (χ1n) is 7.92. The molecular weight excluding hydrogens is 330 g/mol. The Kier molecular flexibility index (Phi) is 5.03. The summed E-state index contributed by atoms with van der Waals surface area (Å²) in [6, 6.07) is 4.36. The Morgan fingerprint density at radius 2 is 1.75 bits per heavy atom. The van der Waals surface area contributed by atoms with Crippen LogP contribution in [-0.2, 0) is 14.6 Å². The summed E-state index contributed by atoms with van der Waals surface area (Å²) >= 11 is 0. The van der Waals surface area contributed by atoms with Gasteiger partial charge in [-0.2, -0.15) is 0 Å². The molecule has 0 unspecified atom stereocenters. The molecule has 0 saturated heterocycles. The monoisotopic (exact) mass is 353 g/mol. The number of sulfone groups is 1. The van der Waals surface area contributed by atoms with Gasteiger partial charge in [0.15, 0.2) is 9.84 Å². The van der Waals surface area contributed by atoms with E-state index in [1.165, 1.54) is 24.1 Å². The first-order valence-corrected chi connectivity index (χ1v) is 9.81. The summed E-state index contributed by atoms with van der Waals surface area (Å²) in [5, 5.41) is 9.72. The molecule has 1 saturated carbocycles. The lowest BCUT2D eigenvalue weighted by Gasteiger charge is -2.41. The van der Waals surface area contributed by atoms with E-state index in [4.69, 9.17) is 0 Å². The normalized spacial score (nSPS) is 17.3. The number of carbonyl (C=O) groups excluding carboxylic acids is 1. The van der Waals surface area contributed by atoms with Crippen LogP contribution in [-0.4, -0.2) is 49.1 Å². The number of likely N-dealkylation sites (N-methyl/N-ethyl adjacent to an activating group) is 1. The van der Waals surface area contributed by atoms with Crippen LogP contribution in [0.5, 0.6) is 0 Å². The lowest BCUT2D eigenvalue weighted by Crippen LogP contribution is -2.56. The number of carboxylic acids is 1. The van der Waals surface area contributed by atoms with Gasteiger partial charge in [0.05, 0.1) is 4.90 Å². The van der Waals surface area contributed by atoms with Gasteiger partial charge in [-0.25, -0.2) is 13.2 Å². The molecule has 1 aliphatic carbocycles. The highest BCUT2D eigenvalue weighted by molar-refractivity contribution is 7.90. The molecule has 0 aliphatic heterocycles. The molecule has 0 atom stereocenters. The molecule has 1 aromatic carbocycles. The third-order valence-electron chi connectivity index (χ3n) is 4.89. The molecule has 6 nitrogen and oxygen atoms in total. The van der Waals surface area contributed by atoms with Crippen molar-refractivity contribution in [3.63, 3.8) is 0 Å². The molecular formula is C17H23NO5S. The topological polar surface area (TPSA) is 91.8 Å². The second-order valence-electron chi connectivity index (χ2n) is 6.51. The van der Waals surface area contributed by atoms with E-state index >= 15 is 0 Å². The summed E-state index contributed by atoms with van der Waals surface area (Å²) in [5.41, 5.74) is -0.370. The number of aryl methyl sites for hydroxylation is 1. The van der Waals surface area contributed by atoms with Crippen molar-refractivity contribution in [3.05, 3.63) is 29.3 Å². The summed E-state index contributed by atoms with van der Waals surface area (Å²) in [6.07, 6.45) is 4.37. The molecule has 2 rings (SSSR count). The number of hydrogen-bond acceptors (Lipinski definition) is 4. The average Bonchev–Trinajstić information content (AvgIpc) is 2.53. The Morgan fingerprint density at radius 3 is 2.25 bits per heavy atom. The number of benzene rings is 1. The van der Waals surface area contributed by atoms with Crippen molar-refractivity contribution < 1.29 is 23.1 Å². The Bertz CT molecular complexity index is 763. The zero-order chi connectivity index (χ0) is 18.1. The van der Waals surface area contributed by atoms with E-state index in [1.807, 2.05) is 0 Å². The molecule has 1 amide bonds. The second-order valence-corrected chi connectivity index (χ2v) is 8.53. The first-order chi connectivity index (χ1) is 11.1. The Balaban J connectivity index is 2.45. The van der Waals surface area contributed by atoms with Crippen molar-refractivity contribution >= 4 is 21.7 Å². The average molecular weight is 353 g/mol. The molecule has 0 spiro atoms. The third-order valence-corrected chi connectivity index (χ3v) is 6.00. The summed E-state index contributed by atoms with van der Waals surface area (Å²) in [4.78, 5) is 26.1. The quantitative estimate of drug-likeness (QED) is 0.896. The van der Waals surface area contributed by atoms with E-state index in [-0.39, 0.29) is 10.5 Å². The minimum absolute atomic E-state index is 0.0536. The van der Waals surface area contributed by atoms with Crippen LogP contribution in [0.4, 0.5) is 0 Å². The highest BCUT2D eigenvalue weighted by Gasteiger charge is 2.45. The number of rotatable bonds is 4. The molecule has 1 aromatic rings.